The minimum atomic E-state index is -0.284. The number of hydrogen-bond donors (Lipinski definition) is 3. The monoisotopic (exact) mass is 189 g/mol. The summed E-state index contributed by atoms with van der Waals surface area (Å²) in [5.74, 6) is 0. The highest BCUT2D eigenvalue weighted by Gasteiger charge is 2.16. The second-order valence-corrected chi connectivity index (χ2v) is 4.47. The fourth-order valence-electron chi connectivity index (χ4n) is 1.27. The zero-order valence-electron chi connectivity index (χ0n) is 9.01. The van der Waals surface area contributed by atoms with Crippen LogP contribution in [0.4, 0.5) is 0 Å². The van der Waals surface area contributed by atoms with Gasteiger partial charge in [0.25, 0.3) is 0 Å². The fraction of sp³-hybridized carbons (Fsp3) is 1.00. The molecule has 0 saturated heterocycles. The van der Waals surface area contributed by atoms with Crippen LogP contribution < -0.4 is 5.32 Å². The van der Waals surface area contributed by atoms with E-state index in [1.165, 1.54) is 0 Å². The lowest BCUT2D eigenvalue weighted by Gasteiger charge is -2.25. The van der Waals surface area contributed by atoms with E-state index in [4.69, 9.17) is 10.2 Å². The van der Waals surface area contributed by atoms with Crippen LogP contribution in [0, 0.1) is 5.41 Å². The van der Waals surface area contributed by atoms with Crippen molar-refractivity contribution in [3.05, 3.63) is 0 Å². The van der Waals surface area contributed by atoms with E-state index in [-0.39, 0.29) is 18.1 Å². The van der Waals surface area contributed by atoms with Gasteiger partial charge in [-0.2, -0.15) is 0 Å². The van der Waals surface area contributed by atoms with Gasteiger partial charge in [0, 0.05) is 19.7 Å². The lowest BCUT2D eigenvalue weighted by molar-refractivity contribution is 0.179. The highest BCUT2D eigenvalue weighted by molar-refractivity contribution is 4.71. The van der Waals surface area contributed by atoms with E-state index >= 15 is 0 Å². The number of aliphatic hydroxyl groups excluding tert-OH is 2. The third-order valence-electron chi connectivity index (χ3n) is 2.05. The largest absolute Gasteiger partial charge is 0.396 e. The molecule has 0 aromatic rings. The van der Waals surface area contributed by atoms with Gasteiger partial charge in [0.15, 0.2) is 0 Å². The predicted octanol–water partition coefficient (Wildman–Crippen LogP) is 0.755. The van der Waals surface area contributed by atoms with Crippen LogP contribution in [0.15, 0.2) is 0 Å². The van der Waals surface area contributed by atoms with E-state index in [0.29, 0.717) is 6.54 Å². The van der Waals surface area contributed by atoms with Crippen LogP contribution in [0.2, 0.25) is 0 Å². The molecule has 0 aliphatic heterocycles. The molecule has 0 aromatic heterocycles. The molecule has 0 amide bonds. The number of rotatable bonds is 7. The van der Waals surface area contributed by atoms with Gasteiger partial charge >= 0.3 is 0 Å². The molecular weight excluding hydrogens is 166 g/mol. The van der Waals surface area contributed by atoms with E-state index in [9.17, 15) is 0 Å². The van der Waals surface area contributed by atoms with E-state index in [1.807, 2.05) is 0 Å². The summed E-state index contributed by atoms with van der Waals surface area (Å²) in [5.41, 5.74) is 0.206. The van der Waals surface area contributed by atoms with Gasteiger partial charge in [-0.25, -0.2) is 0 Å². The fourth-order valence-corrected chi connectivity index (χ4v) is 1.27. The van der Waals surface area contributed by atoms with Crippen molar-refractivity contribution < 1.29 is 10.2 Å². The highest BCUT2D eigenvalue weighted by Crippen LogP contribution is 2.20. The smallest absolute Gasteiger partial charge is 0.0636 e. The Hall–Kier alpha value is -0.120. The Morgan fingerprint density at radius 3 is 2.46 bits per heavy atom. The first kappa shape index (κ1) is 12.9. The minimum Gasteiger partial charge on any atom is -0.396 e. The van der Waals surface area contributed by atoms with Crippen molar-refractivity contribution in [2.75, 3.05) is 19.7 Å². The molecule has 13 heavy (non-hydrogen) atoms. The molecule has 3 N–H and O–H groups in total. The molecule has 1 unspecified atom stereocenters. The third kappa shape index (κ3) is 8.22. The summed E-state index contributed by atoms with van der Waals surface area (Å²) in [6, 6.07) is 0. The average Bonchev–Trinajstić information content (AvgIpc) is 2.00. The lowest BCUT2D eigenvalue weighted by Crippen LogP contribution is -2.33. The summed E-state index contributed by atoms with van der Waals surface area (Å²) in [7, 11) is 0. The van der Waals surface area contributed by atoms with Crippen LogP contribution in [0.3, 0.4) is 0 Å². The van der Waals surface area contributed by atoms with Crippen molar-refractivity contribution in [2.45, 2.75) is 39.7 Å². The molecule has 0 fully saturated rings. The van der Waals surface area contributed by atoms with Gasteiger partial charge in [0.1, 0.15) is 0 Å². The molecule has 0 aliphatic rings. The van der Waals surface area contributed by atoms with Crippen molar-refractivity contribution >= 4 is 0 Å². The molecule has 0 bridgehead atoms. The molecule has 0 heterocycles. The molecule has 1 atom stereocenters. The first-order valence-corrected chi connectivity index (χ1v) is 4.97. The Morgan fingerprint density at radius 2 is 2.00 bits per heavy atom. The van der Waals surface area contributed by atoms with Gasteiger partial charge in [0.2, 0.25) is 0 Å². The number of nitrogens with one attached hydrogen (secondary N) is 1. The van der Waals surface area contributed by atoms with Gasteiger partial charge in [-0.05, 0) is 25.2 Å². The van der Waals surface area contributed by atoms with Crippen LogP contribution in [-0.4, -0.2) is 36.0 Å². The Bertz CT molecular complexity index is 124. The van der Waals surface area contributed by atoms with Crippen LogP contribution in [0.25, 0.3) is 0 Å². The van der Waals surface area contributed by atoms with Crippen LogP contribution in [-0.2, 0) is 0 Å². The quantitative estimate of drug-likeness (QED) is 0.554. The maximum absolute atomic E-state index is 9.02. The lowest BCUT2D eigenvalue weighted by atomic mass is 9.88. The summed E-state index contributed by atoms with van der Waals surface area (Å²) in [4.78, 5) is 0. The van der Waals surface area contributed by atoms with E-state index in [2.05, 4.69) is 19.2 Å². The molecular formula is C10H23NO2. The van der Waals surface area contributed by atoms with Crippen molar-refractivity contribution in [1.29, 1.82) is 0 Å². The molecule has 0 saturated carbocycles. The minimum absolute atomic E-state index is 0.206. The van der Waals surface area contributed by atoms with Gasteiger partial charge in [-0.15, -0.1) is 0 Å². The van der Waals surface area contributed by atoms with E-state index in [1.54, 1.807) is 6.92 Å². The standard InChI is InChI=1S/C10H23NO2/c1-9(13)7-11-8-10(2,3)5-4-6-12/h9,11-13H,4-8H2,1-3H3. The molecule has 80 valence electrons. The van der Waals surface area contributed by atoms with Crippen molar-refractivity contribution in [3.8, 4) is 0 Å². The Balaban J connectivity index is 3.50. The Labute approximate surface area is 81.2 Å². The Kier molecular flexibility index (Phi) is 6.29. The van der Waals surface area contributed by atoms with E-state index < -0.39 is 0 Å². The maximum Gasteiger partial charge on any atom is 0.0636 e. The maximum atomic E-state index is 9.02. The first-order chi connectivity index (χ1) is 5.98. The molecule has 0 aliphatic carbocycles. The third-order valence-corrected chi connectivity index (χ3v) is 2.05. The van der Waals surface area contributed by atoms with Gasteiger partial charge in [-0.3, -0.25) is 0 Å². The number of aliphatic hydroxyl groups is 2. The van der Waals surface area contributed by atoms with Crippen LogP contribution in [0.5, 0.6) is 0 Å². The summed E-state index contributed by atoms with van der Waals surface area (Å²) in [5, 5.41) is 20.9. The van der Waals surface area contributed by atoms with E-state index in [0.717, 1.165) is 19.4 Å². The van der Waals surface area contributed by atoms with Gasteiger partial charge < -0.3 is 15.5 Å². The molecule has 0 spiro atoms. The average molecular weight is 189 g/mol. The molecule has 0 radical (unpaired) electrons. The second-order valence-electron chi connectivity index (χ2n) is 4.47. The molecule has 3 heteroatoms. The normalized spacial score (nSPS) is 14.5. The SMILES string of the molecule is CC(O)CNCC(C)(C)CCCO. The van der Waals surface area contributed by atoms with Crippen molar-refractivity contribution in [2.24, 2.45) is 5.41 Å². The molecule has 3 nitrogen and oxygen atoms in total. The van der Waals surface area contributed by atoms with Gasteiger partial charge in [0.05, 0.1) is 6.10 Å². The zero-order valence-corrected chi connectivity index (χ0v) is 9.01. The summed E-state index contributed by atoms with van der Waals surface area (Å²) >= 11 is 0. The highest BCUT2D eigenvalue weighted by atomic mass is 16.3. The summed E-state index contributed by atoms with van der Waals surface area (Å²) < 4.78 is 0. The summed E-state index contributed by atoms with van der Waals surface area (Å²) in [6.45, 7) is 7.89. The van der Waals surface area contributed by atoms with Crippen LogP contribution in [0.1, 0.15) is 33.6 Å². The van der Waals surface area contributed by atoms with Gasteiger partial charge in [-0.1, -0.05) is 13.8 Å². The van der Waals surface area contributed by atoms with Crippen molar-refractivity contribution in [1.82, 2.24) is 5.32 Å². The summed E-state index contributed by atoms with van der Waals surface area (Å²) in [6.07, 6.45) is 1.58. The first-order valence-electron chi connectivity index (χ1n) is 4.97. The zero-order chi connectivity index (χ0) is 10.3. The topological polar surface area (TPSA) is 52.5 Å². The molecule has 0 rings (SSSR count). The predicted molar refractivity (Wildman–Crippen MR) is 54.7 cm³/mol. The van der Waals surface area contributed by atoms with Crippen LogP contribution >= 0.6 is 0 Å². The molecule has 0 aromatic carbocycles. The Morgan fingerprint density at radius 1 is 1.38 bits per heavy atom. The number of hydrogen-bond acceptors (Lipinski definition) is 3. The second kappa shape index (κ2) is 6.35. The van der Waals surface area contributed by atoms with Crippen molar-refractivity contribution in [3.63, 3.8) is 0 Å².